The number of aryl methyl sites for hydroxylation is 3. The van der Waals surface area contributed by atoms with Crippen LogP contribution in [-0.4, -0.2) is 9.55 Å². The van der Waals surface area contributed by atoms with Crippen LogP contribution in [0, 0.1) is 11.3 Å². The van der Waals surface area contributed by atoms with Crippen molar-refractivity contribution in [1.82, 2.24) is 9.55 Å². The number of rotatable bonds is 6. The second-order valence-electron chi connectivity index (χ2n) is 4.95. The number of benzene rings is 1. The van der Waals surface area contributed by atoms with E-state index in [9.17, 15) is 0 Å². The highest BCUT2D eigenvalue weighted by Gasteiger charge is 2.08. The van der Waals surface area contributed by atoms with Gasteiger partial charge >= 0.3 is 0 Å². The lowest BCUT2D eigenvalue weighted by Gasteiger charge is -2.03. The predicted octanol–water partition coefficient (Wildman–Crippen LogP) is 4.65. The fourth-order valence-corrected chi connectivity index (χ4v) is 2.67. The molecular weight excluding hydrogens is 305 g/mol. The molecule has 21 heavy (non-hydrogen) atoms. The minimum Gasteiger partial charge on any atom is -0.322 e. The Bertz CT molecular complexity index is 656. The molecule has 1 heterocycles. The lowest BCUT2D eigenvalue weighted by molar-refractivity contribution is 0.624. The molecular formula is C16H17Cl2N3. The van der Waals surface area contributed by atoms with Gasteiger partial charge in [0.2, 0.25) is 5.82 Å². The summed E-state index contributed by atoms with van der Waals surface area (Å²) in [6.45, 7) is 2.97. The molecule has 0 atom stereocenters. The SMILES string of the molecule is CCCCn1cc(CCc2ccc(Cl)cc2Cl)nc1C#N. The van der Waals surface area contributed by atoms with Crippen LogP contribution in [0.5, 0.6) is 0 Å². The summed E-state index contributed by atoms with van der Waals surface area (Å²) in [7, 11) is 0. The molecule has 0 aliphatic rings. The third-order valence-electron chi connectivity index (χ3n) is 3.34. The molecule has 0 saturated carbocycles. The molecule has 1 aromatic carbocycles. The fraction of sp³-hybridized carbons (Fsp3) is 0.375. The van der Waals surface area contributed by atoms with Gasteiger partial charge in [-0.1, -0.05) is 42.6 Å². The summed E-state index contributed by atoms with van der Waals surface area (Å²) in [6, 6.07) is 7.67. The van der Waals surface area contributed by atoms with E-state index >= 15 is 0 Å². The molecule has 3 nitrogen and oxygen atoms in total. The smallest absolute Gasteiger partial charge is 0.212 e. The summed E-state index contributed by atoms with van der Waals surface area (Å²) < 4.78 is 1.93. The van der Waals surface area contributed by atoms with E-state index in [1.54, 1.807) is 6.07 Å². The van der Waals surface area contributed by atoms with Crippen LogP contribution in [0.25, 0.3) is 0 Å². The van der Waals surface area contributed by atoms with E-state index in [0.29, 0.717) is 15.9 Å². The minimum absolute atomic E-state index is 0.487. The van der Waals surface area contributed by atoms with E-state index in [1.165, 1.54) is 0 Å². The van der Waals surface area contributed by atoms with Crippen LogP contribution in [-0.2, 0) is 19.4 Å². The first-order valence-electron chi connectivity index (χ1n) is 7.04. The fourth-order valence-electron chi connectivity index (χ4n) is 2.17. The minimum atomic E-state index is 0.487. The van der Waals surface area contributed by atoms with E-state index in [4.69, 9.17) is 28.5 Å². The second kappa shape index (κ2) is 7.49. The molecule has 0 fully saturated rings. The Morgan fingerprint density at radius 1 is 1.29 bits per heavy atom. The molecule has 0 saturated heterocycles. The van der Waals surface area contributed by atoms with Gasteiger partial charge in [-0.2, -0.15) is 5.26 Å². The molecule has 110 valence electrons. The molecule has 0 aliphatic heterocycles. The summed E-state index contributed by atoms with van der Waals surface area (Å²) in [5, 5.41) is 10.4. The van der Waals surface area contributed by atoms with Gasteiger partial charge in [0.15, 0.2) is 0 Å². The quantitative estimate of drug-likeness (QED) is 0.777. The van der Waals surface area contributed by atoms with Gasteiger partial charge in [0.25, 0.3) is 0 Å². The van der Waals surface area contributed by atoms with Crippen LogP contribution in [0.3, 0.4) is 0 Å². The van der Waals surface area contributed by atoms with Gasteiger partial charge in [-0.05, 0) is 37.0 Å². The summed E-state index contributed by atoms with van der Waals surface area (Å²) in [5.41, 5.74) is 1.97. The van der Waals surface area contributed by atoms with Gasteiger partial charge in [0.05, 0.1) is 5.69 Å². The molecule has 0 amide bonds. The summed E-state index contributed by atoms with van der Waals surface area (Å²) in [6.07, 6.45) is 5.66. The largest absolute Gasteiger partial charge is 0.322 e. The monoisotopic (exact) mass is 321 g/mol. The van der Waals surface area contributed by atoms with E-state index in [1.807, 2.05) is 22.9 Å². The van der Waals surface area contributed by atoms with Gasteiger partial charge in [-0.3, -0.25) is 0 Å². The normalized spacial score (nSPS) is 10.6. The second-order valence-corrected chi connectivity index (χ2v) is 5.79. The van der Waals surface area contributed by atoms with Gasteiger partial charge < -0.3 is 4.57 Å². The van der Waals surface area contributed by atoms with Crippen molar-refractivity contribution in [3.05, 3.63) is 51.5 Å². The topological polar surface area (TPSA) is 41.6 Å². The van der Waals surface area contributed by atoms with Crippen molar-refractivity contribution in [2.24, 2.45) is 0 Å². The molecule has 0 aliphatic carbocycles. The number of nitrogens with zero attached hydrogens (tertiary/aromatic N) is 3. The number of unbranched alkanes of at least 4 members (excludes halogenated alkanes) is 1. The number of halogens is 2. The van der Waals surface area contributed by atoms with Crippen LogP contribution in [0.2, 0.25) is 10.0 Å². The van der Waals surface area contributed by atoms with Gasteiger partial charge in [-0.25, -0.2) is 4.98 Å². The Labute approximate surface area is 135 Å². The Morgan fingerprint density at radius 3 is 2.76 bits per heavy atom. The van der Waals surface area contributed by atoms with Crippen molar-refractivity contribution in [2.45, 2.75) is 39.2 Å². The highest BCUT2D eigenvalue weighted by molar-refractivity contribution is 6.35. The standard InChI is InChI=1S/C16H17Cl2N3/c1-2-3-8-21-11-14(20-16(21)10-19)7-5-12-4-6-13(17)9-15(12)18/h4,6,9,11H,2-3,5,7-8H2,1H3. The third kappa shape index (κ3) is 4.23. The number of hydrogen-bond acceptors (Lipinski definition) is 2. The summed E-state index contributed by atoms with van der Waals surface area (Å²) in [5.74, 6) is 0.487. The Balaban J connectivity index is 2.06. The van der Waals surface area contributed by atoms with Crippen molar-refractivity contribution >= 4 is 23.2 Å². The van der Waals surface area contributed by atoms with E-state index in [0.717, 1.165) is 43.5 Å². The van der Waals surface area contributed by atoms with E-state index in [2.05, 4.69) is 18.0 Å². The first-order chi connectivity index (χ1) is 10.1. The first kappa shape index (κ1) is 15.9. The average molecular weight is 322 g/mol. The van der Waals surface area contributed by atoms with Crippen LogP contribution >= 0.6 is 23.2 Å². The predicted molar refractivity (Wildman–Crippen MR) is 85.7 cm³/mol. The maximum Gasteiger partial charge on any atom is 0.212 e. The Kier molecular flexibility index (Phi) is 5.67. The lowest BCUT2D eigenvalue weighted by atomic mass is 10.1. The van der Waals surface area contributed by atoms with Crippen molar-refractivity contribution in [2.75, 3.05) is 0 Å². The molecule has 0 N–H and O–H groups in total. The zero-order chi connectivity index (χ0) is 15.2. The lowest BCUT2D eigenvalue weighted by Crippen LogP contribution is -1.99. The van der Waals surface area contributed by atoms with Crippen molar-refractivity contribution in [3.63, 3.8) is 0 Å². The van der Waals surface area contributed by atoms with Crippen molar-refractivity contribution < 1.29 is 0 Å². The highest BCUT2D eigenvalue weighted by atomic mass is 35.5. The zero-order valence-corrected chi connectivity index (χ0v) is 13.5. The van der Waals surface area contributed by atoms with Crippen LogP contribution in [0.4, 0.5) is 0 Å². The third-order valence-corrected chi connectivity index (χ3v) is 3.93. The summed E-state index contributed by atoms with van der Waals surface area (Å²) >= 11 is 12.1. The average Bonchev–Trinajstić information content (AvgIpc) is 2.86. The number of aromatic nitrogens is 2. The van der Waals surface area contributed by atoms with E-state index < -0.39 is 0 Å². The first-order valence-corrected chi connectivity index (χ1v) is 7.79. The maximum absolute atomic E-state index is 9.12. The van der Waals surface area contributed by atoms with Crippen LogP contribution in [0.15, 0.2) is 24.4 Å². The molecule has 0 radical (unpaired) electrons. The molecule has 0 bridgehead atoms. The van der Waals surface area contributed by atoms with Crippen LogP contribution in [0.1, 0.15) is 36.8 Å². The highest BCUT2D eigenvalue weighted by Crippen LogP contribution is 2.22. The molecule has 0 spiro atoms. The van der Waals surface area contributed by atoms with Gasteiger partial charge in [0.1, 0.15) is 6.07 Å². The summed E-state index contributed by atoms with van der Waals surface area (Å²) in [4.78, 5) is 4.38. The van der Waals surface area contributed by atoms with Crippen LogP contribution < -0.4 is 0 Å². The zero-order valence-electron chi connectivity index (χ0n) is 11.9. The van der Waals surface area contributed by atoms with Gasteiger partial charge in [0, 0.05) is 22.8 Å². The van der Waals surface area contributed by atoms with Crippen molar-refractivity contribution in [3.8, 4) is 6.07 Å². The Morgan fingerprint density at radius 2 is 2.10 bits per heavy atom. The van der Waals surface area contributed by atoms with Crippen molar-refractivity contribution in [1.29, 1.82) is 5.26 Å². The number of nitriles is 1. The van der Waals surface area contributed by atoms with Gasteiger partial charge in [-0.15, -0.1) is 0 Å². The molecule has 1 aromatic heterocycles. The molecule has 5 heteroatoms. The number of hydrogen-bond donors (Lipinski definition) is 0. The maximum atomic E-state index is 9.12. The number of imidazole rings is 1. The molecule has 0 unspecified atom stereocenters. The molecule has 2 rings (SSSR count). The molecule has 2 aromatic rings. The van der Waals surface area contributed by atoms with E-state index in [-0.39, 0.29) is 0 Å². The Hall–Kier alpha value is -1.50.